The van der Waals surface area contributed by atoms with E-state index in [-0.39, 0.29) is 18.5 Å². The van der Waals surface area contributed by atoms with Crippen molar-refractivity contribution in [2.24, 2.45) is 5.73 Å². The number of thiophene rings is 1. The zero-order valence-corrected chi connectivity index (χ0v) is 18.2. The molecule has 1 aromatic carbocycles. The Kier molecular flexibility index (Phi) is 7.08. The van der Waals surface area contributed by atoms with E-state index in [1.54, 1.807) is 6.07 Å². The molecule has 11 heteroatoms. The molecule has 6 N–H and O–H groups in total. The highest BCUT2D eigenvalue weighted by atomic mass is 32.2. The minimum atomic E-state index is -3.27. The zero-order chi connectivity index (χ0) is 21.7. The molecule has 1 aliphatic heterocycles. The number of anilines is 1. The van der Waals surface area contributed by atoms with Crippen LogP contribution >= 0.6 is 11.3 Å². The van der Waals surface area contributed by atoms with Gasteiger partial charge in [0.25, 0.3) is 5.91 Å². The van der Waals surface area contributed by atoms with Gasteiger partial charge in [0, 0.05) is 24.0 Å². The summed E-state index contributed by atoms with van der Waals surface area (Å²) in [5.41, 5.74) is 7.28. The highest BCUT2D eigenvalue weighted by molar-refractivity contribution is 7.88. The third-order valence-corrected chi connectivity index (χ3v) is 6.46. The van der Waals surface area contributed by atoms with Crippen molar-refractivity contribution in [3.05, 3.63) is 40.8 Å². The number of hydrogen-bond acceptors (Lipinski definition) is 6. The number of amides is 3. The van der Waals surface area contributed by atoms with Crippen LogP contribution in [0.3, 0.4) is 0 Å². The molecule has 1 saturated heterocycles. The standard InChI is InChI=1S/C19H25N5O4S2/c1-30(27,28)22-10-12-4-6-13(7-5-12)16-9-15(24-19(20)26)17(29-16)18(25)23-14-3-2-8-21-11-14/h4-7,9,14,21-22H,2-3,8,10-11H2,1H3,(H,23,25)(H3,20,24,26)/t14-/m0/s1. The molecule has 2 heterocycles. The minimum absolute atomic E-state index is 0.0415. The molecule has 3 rings (SSSR count). The smallest absolute Gasteiger partial charge is 0.316 e. The van der Waals surface area contributed by atoms with Crippen LogP contribution < -0.4 is 26.4 Å². The van der Waals surface area contributed by atoms with Crippen LogP contribution in [0.4, 0.5) is 10.5 Å². The van der Waals surface area contributed by atoms with E-state index in [4.69, 9.17) is 5.73 Å². The van der Waals surface area contributed by atoms with Crippen LogP contribution in [0, 0.1) is 0 Å². The van der Waals surface area contributed by atoms with Gasteiger partial charge in [-0.25, -0.2) is 17.9 Å². The summed E-state index contributed by atoms with van der Waals surface area (Å²) < 4.78 is 24.9. The quantitative estimate of drug-likeness (QED) is 0.433. The lowest BCUT2D eigenvalue weighted by atomic mass is 10.1. The number of sulfonamides is 1. The Morgan fingerprint density at radius 1 is 1.27 bits per heavy atom. The van der Waals surface area contributed by atoms with E-state index in [1.807, 2.05) is 24.3 Å². The van der Waals surface area contributed by atoms with Gasteiger partial charge in [0.05, 0.1) is 11.9 Å². The molecular weight excluding hydrogens is 426 g/mol. The Morgan fingerprint density at radius 2 is 2.00 bits per heavy atom. The van der Waals surface area contributed by atoms with Crippen molar-refractivity contribution in [2.75, 3.05) is 24.7 Å². The molecule has 0 radical (unpaired) electrons. The second kappa shape index (κ2) is 9.56. The number of carbonyl (C=O) groups excluding carboxylic acids is 2. The van der Waals surface area contributed by atoms with Gasteiger partial charge in [0.1, 0.15) is 4.88 Å². The van der Waals surface area contributed by atoms with Crippen LogP contribution in [0.2, 0.25) is 0 Å². The largest absolute Gasteiger partial charge is 0.351 e. The summed E-state index contributed by atoms with van der Waals surface area (Å²) in [5.74, 6) is -0.252. The Morgan fingerprint density at radius 3 is 2.60 bits per heavy atom. The highest BCUT2D eigenvalue weighted by Gasteiger charge is 2.22. The Labute approximate surface area is 179 Å². The average molecular weight is 452 g/mol. The van der Waals surface area contributed by atoms with Crippen molar-refractivity contribution in [1.29, 1.82) is 0 Å². The normalized spacial score (nSPS) is 16.8. The van der Waals surface area contributed by atoms with E-state index in [0.717, 1.165) is 41.6 Å². The highest BCUT2D eigenvalue weighted by Crippen LogP contribution is 2.35. The Hall–Kier alpha value is -2.47. The minimum Gasteiger partial charge on any atom is -0.351 e. The molecule has 0 aliphatic carbocycles. The van der Waals surface area contributed by atoms with Crippen molar-refractivity contribution in [3.63, 3.8) is 0 Å². The number of hydrogen-bond donors (Lipinski definition) is 5. The van der Waals surface area contributed by atoms with E-state index in [1.165, 1.54) is 11.3 Å². The lowest BCUT2D eigenvalue weighted by Gasteiger charge is -2.23. The number of nitrogens with two attached hydrogens (primary N) is 1. The van der Waals surface area contributed by atoms with Gasteiger partial charge in [-0.2, -0.15) is 0 Å². The third kappa shape index (κ3) is 6.26. The van der Waals surface area contributed by atoms with Crippen LogP contribution in [0.15, 0.2) is 30.3 Å². The summed E-state index contributed by atoms with van der Waals surface area (Å²) in [6, 6.07) is 8.31. The summed E-state index contributed by atoms with van der Waals surface area (Å²) in [6.07, 6.45) is 3.00. The first kappa shape index (κ1) is 22.2. The Bertz CT molecular complexity index is 1010. The van der Waals surface area contributed by atoms with Gasteiger partial charge in [-0.05, 0) is 36.6 Å². The second-order valence-corrected chi connectivity index (χ2v) is 10.0. The maximum Gasteiger partial charge on any atom is 0.316 e. The SMILES string of the molecule is CS(=O)(=O)NCc1ccc(-c2cc(NC(N)=O)c(C(=O)N[C@H]3CCCNC3)s2)cc1. The molecule has 1 fully saturated rings. The summed E-state index contributed by atoms with van der Waals surface area (Å²) in [4.78, 5) is 25.4. The summed E-state index contributed by atoms with van der Waals surface area (Å²) >= 11 is 1.26. The molecule has 0 saturated carbocycles. The van der Waals surface area contributed by atoms with Crippen molar-refractivity contribution in [2.45, 2.75) is 25.4 Å². The van der Waals surface area contributed by atoms with Crippen LogP contribution in [0.5, 0.6) is 0 Å². The van der Waals surface area contributed by atoms with E-state index in [2.05, 4.69) is 20.7 Å². The molecule has 1 aliphatic rings. The third-order valence-electron chi connectivity index (χ3n) is 4.61. The van der Waals surface area contributed by atoms with Gasteiger partial charge in [-0.3, -0.25) is 4.79 Å². The fourth-order valence-corrected chi connectivity index (χ4v) is 4.61. The topological polar surface area (TPSA) is 142 Å². The lowest BCUT2D eigenvalue weighted by molar-refractivity contribution is 0.0935. The number of nitrogens with one attached hydrogen (secondary N) is 4. The number of primary amides is 1. The van der Waals surface area contributed by atoms with Crippen LogP contribution in [0.1, 0.15) is 28.1 Å². The van der Waals surface area contributed by atoms with Gasteiger partial charge in [-0.1, -0.05) is 24.3 Å². The number of urea groups is 1. The number of piperidine rings is 1. The lowest BCUT2D eigenvalue weighted by Crippen LogP contribution is -2.45. The molecule has 0 bridgehead atoms. The van der Waals surface area contributed by atoms with Crippen molar-refractivity contribution >= 4 is 39.0 Å². The van der Waals surface area contributed by atoms with E-state index < -0.39 is 16.1 Å². The first-order valence-electron chi connectivity index (χ1n) is 9.47. The van der Waals surface area contributed by atoms with Crippen LogP contribution in [0.25, 0.3) is 10.4 Å². The molecule has 0 spiro atoms. The number of carbonyl (C=O) groups is 2. The summed E-state index contributed by atoms with van der Waals surface area (Å²) in [6.45, 7) is 1.85. The van der Waals surface area contributed by atoms with Gasteiger partial charge in [0.2, 0.25) is 10.0 Å². The molecule has 0 unspecified atom stereocenters. The fourth-order valence-electron chi connectivity index (χ4n) is 3.15. The van der Waals surface area contributed by atoms with E-state index >= 15 is 0 Å². The monoisotopic (exact) mass is 451 g/mol. The molecule has 1 atom stereocenters. The van der Waals surface area contributed by atoms with E-state index in [9.17, 15) is 18.0 Å². The molecule has 1 aromatic heterocycles. The first-order chi connectivity index (χ1) is 14.2. The molecule has 30 heavy (non-hydrogen) atoms. The predicted molar refractivity (Wildman–Crippen MR) is 118 cm³/mol. The number of benzene rings is 1. The summed E-state index contributed by atoms with van der Waals surface area (Å²) in [7, 11) is -3.27. The van der Waals surface area contributed by atoms with Gasteiger partial charge < -0.3 is 21.7 Å². The molecular formula is C19H25N5O4S2. The van der Waals surface area contributed by atoms with Gasteiger partial charge in [0.15, 0.2) is 0 Å². The van der Waals surface area contributed by atoms with Crippen molar-refractivity contribution in [3.8, 4) is 10.4 Å². The fraction of sp³-hybridized carbons (Fsp3) is 0.368. The van der Waals surface area contributed by atoms with Gasteiger partial charge >= 0.3 is 6.03 Å². The molecule has 9 nitrogen and oxygen atoms in total. The van der Waals surface area contributed by atoms with Crippen molar-refractivity contribution in [1.82, 2.24) is 15.4 Å². The van der Waals surface area contributed by atoms with Crippen LogP contribution in [-0.4, -0.2) is 45.7 Å². The number of rotatable bonds is 7. The predicted octanol–water partition coefficient (Wildman–Crippen LogP) is 1.44. The first-order valence-corrected chi connectivity index (χ1v) is 12.2. The second-order valence-electron chi connectivity index (χ2n) is 7.15. The van der Waals surface area contributed by atoms with Crippen molar-refractivity contribution < 1.29 is 18.0 Å². The van der Waals surface area contributed by atoms with Crippen LogP contribution in [-0.2, 0) is 16.6 Å². The van der Waals surface area contributed by atoms with Gasteiger partial charge in [-0.15, -0.1) is 11.3 Å². The Balaban J connectivity index is 1.79. The molecule has 162 valence electrons. The average Bonchev–Trinajstić information content (AvgIpc) is 3.10. The maximum absolute atomic E-state index is 12.8. The maximum atomic E-state index is 12.8. The summed E-state index contributed by atoms with van der Waals surface area (Å²) in [5, 5.41) is 8.78. The molecule has 2 aromatic rings. The zero-order valence-electron chi connectivity index (χ0n) is 16.5. The molecule has 3 amide bonds. The van der Waals surface area contributed by atoms with E-state index in [0.29, 0.717) is 17.1 Å².